The van der Waals surface area contributed by atoms with Crippen LogP contribution in [0.5, 0.6) is 0 Å². The minimum atomic E-state index is -1.27. The lowest BCUT2D eigenvalue weighted by molar-refractivity contribution is -0.385. The Bertz CT molecular complexity index is 686. The minimum absolute atomic E-state index is 0.112. The smallest absolute Gasteiger partial charge is 0.339 e. The molecule has 0 amide bonds. The van der Waals surface area contributed by atoms with E-state index in [0.717, 1.165) is 23.0 Å². The minimum Gasteiger partial charge on any atom is -0.478 e. The summed E-state index contributed by atoms with van der Waals surface area (Å²) in [4.78, 5) is 29.2. The SMILES string of the molecule is Cc1csc(CCNc2ncc([N+](=O)[O-])cc2C(=O)O)n1. The van der Waals surface area contributed by atoms with Gasteiger partial charge < -0.3 is 10.4 Å². The van der Waals surface area contributed by atoms with Crippen LogP contribution in [0.15, 0.2) is 17.6 Å². The third-order valence-corrected chi connectivity index (χ3v) is 3.64. The molecule has 110 valence electrons. The van der Waals surface area contributed by atoms with Gasteiger partial charge in [-0.25, -0.2) is 14.8 Å². The molecule has 0 saturated carbocycles. The maximum absolute atomic E-state index is 11.1. The van der Waals surface area contributed by atoms with E-state index in [4.69, 9.17) is 5.11 Å². The molecule has 0 radical (unpaired) electrons. The van der Waals surface area contributed by atoms with E-state index in [1.165, 1.54) is 11.3 Å². The van der Waals surface area contributed by atoms with E-state index in [9.17, 15) is 14.9 Å². The summed E-state index contributed by atoms with van der Waals surface area (Å²) in [6.45, 7) is 2.34. The van der Waals surface area contributed by atoms with Gasteiger partial charge in [0.15, 0.2) is 0 Å². The molecule has 0 spiro atoms. The van der Waals surface area contributed by atoms with Crippen molar-refractivity contribution in [1.82, 2.24) is 9.97 Å². The number of rotatable bonds is 6. The molecule has 2 aromatic rings. The number of carbonyl (C=O) groups is 1. The van der Waals surface area contributed by atoms with Gasteiger partial charge in [-0.15, -0.1) is 11.3 Å². The second-order valence-electron chi connectivity index (χ2n) is 4.21. The van der Waals surface area contributed by atoms with Gasteiger partial charge in [0.2, 0.25) is 0 Å². The lowest BCUT2D eigenvalue weighted by atomic mass is 10.2. The van der Waals surface area contributed by atoms with Crippen molar-refractivity contribution >= 4 is 28.8 Å². The van der Waals surface area contributed by atoms with E-state index in [1.54, 1.807) is 0 Å². The van der Waals surface area contributed by atoms with Crippen LogP contribution in [0.1, 0.15) is 21.1 Å². The molecule has 9 heteroatoms. The fourth-order valence-corrected chi connectivity index (χ4v) is 2.44. The Morgan fingerprint density at radius 2 is 2.33 bits per heavy atom. The van der Waals surface area contributed by atoms with Crippen molar-refractivity contribution in [2.45, 2.75) is 13.3 Å². The van der Waals surface area contributed by atoms with Crippen LogP contribution in [-0.2, 0) is 6.42 Å². The maximum atomic E-state index is 11.1. The highest BCUT2D eigenvalue weighted by molar-refractivity contribution is 7.09. The van der Waals surface area contributed by atoms with E-state index >= 15 is 0 Å². The second-order valence-corrected chi connectivity index (χ2v) is 5.15. The zero-order chi connectivity index (χ0) is 15.4. The van der Waals surface area contributed by atoms with Crippen LogP contribution < -0.4 is 5.32 Å². The molecule has 2 heterocycles. The number of aryl methyl sites for hydroxylation is 1. The number of anilines is 1. The topological polar surface area (TPSA) is 118 Å². The fraction of sp³-hybridized carbons (Fsp3) is 0.250. The number of hydrogen-bond donors (Lipinski definition) is 2. The van der Waals surface area contributed by atoms with Crippen molar-refractivity contribution in [2.75, 3.05) is 11.9 Å². The zero-order valence-corrected chi connectivity index (χ0v) is 11.9. The summed E-state index contributed by atoms with van der Waals surface area (Å²) in [5.74, 6) is -1.15. The van der Waals surface area contributed by atoms with Gasteiger partial charge in [-0.3, -0.25) is 10.1 Å². The molecule has 0 aliphatic heterocycles. The van der Waals surface area contributed by atoms with Crippen LogP contribution in [0.3, 0.4) is 0 Å². The van der Waals surface area contributed by atoms with Crippen molar-refractivity contribution < 1.29 is 14.8 Å². The number of aromatic nitrogens is 2. The number of pyridine rings is 1. The quantitative estimate of drug-likeness (QED) is 0.619. The zero-order valence-electron chi connectivity index (χ0n) is 11.1. The van der Waals surface area contributed by atoms with Crippen LogP contribution in [0.4, 0.5) is 11.5 Å². The summed E-state index contributed by atoms with van der Waals surface area (Å²) >= 11 is 1.52. The number of nitro groups is 1. The van der Waals surface area contributed by atoms with Crippen LogP contribution in [0.2, 0.25) is 0 Å². The Balaban J connectivity index is 2.08. The number of nitrogens with one attached hydrogen (secondary N) is 1. The standard InChI is InChI=1S/C12H12N4O4S/c1-7-6-21-10(15-7)2-3-13-11-9(12(17)18)4-8(5-14-11)16(19)20/h4-6H,2-3H2,1H3,(H,13,14)(H,17,18). The number of aromatic carboxylic acids is 1. The summed E-state index contributed by atoms with van der Waals surface area (Å²) in [5.41, 5.74) is 0.364. The predicted octanol–water partition coefficient (Wildman–Crippen LogP) is 2.11. The maximum Gasteiger partial charge on any atom is 0.339 e. The molecule has 2 rings (SSSR count). The van der Waals surface area contributed by atoms with Crippen molar-refractivity contribution in [1.29, 1.82) is 0 Å². The Morgan fingerprint density at radius 3 is 2.90 bits per heavy atom. The highest BCUT2D eigenvalue weighted by Gasteiger charge is 2.17. The van der Waals surface area contributed by atoms with Gasteiger partial charge in [-0.2, -0.15) is 0 Å². The Kier molecular flexibility index (Phi) is 4.43. The average molecular weight is 308 g/mol. The molecule has 2 N–H and O–H groups in total. The first-order chi connectivity index (χ1) is 9.97. The molecular formula is C12H12N4O4S. The molecule has 0 fully saturated rings. The van der Waals surface area contributed by atoms with Crippen LogP contribution in [0, 0.1) is 17.0 Å². The number of carboxylic acid groups (broad SMARTS) is 1. The van der Waals surface area contributed by atoms with Crippen molar-refractivity contribution in [3.63, 3.8) is 0 Å². The third-order valence-electron chi connectivity index (χ3n) is 2.61. The molecule has 0 bridgehead atoms. The lowest BCUT2D eigenvalue weighted by Crippen LogP contribution is -2.11. The lowest BCUT2D eigenvalue weighted by Gasteiger charge is -2.07. The monoisotopic (exact) mass is 308 g/mol. The largest absolute Gasteiger partial charge is 0.478 e. The van der Waals surface area contributed by atoms with Crippen LogP contribution in [-0.4, -0.2) is 32.5 Å². The van der Waals surface area contributed by atoms with Gasteiger partial charge in [-0.05, 0) is 6.92 Å². The molecule has 21 heavy (non-hydrogen) atoms. The summed E-state index contributed by atoms with van der Waals surface area (Å²) in [5, 5.41) is 25.4. The number of nitrogens with zero attached hydrogens (tertiary/aromatic N) is 3. The van der Waals surface area contributed by atoms with Gasteiger partial charge in [0.05, 0.1) is 9.93 Å². The molecule has 0 unspecified atom stereocenters. The first-order valence-corrected chi connectivity index (χ1v) is 6.88. The summed E-state index contributed by atoms with van der Waals surface area (Å²) < 4.78 is 0. The van der Waals surface area contributed by atoms with Gasteiger partial charge in [0.25, 0.3) is 5.69 Å². The van der Waals surface area contributed by atoms with Crippen molar-refractivity contribution in [2.24, 2.45) is 0 Å². The summed E-state index contributed by atoms with van der Waals surface area (Å²) in [6.07, 6.45) is 1.65. The van der Waals surface area contributed by atoms with Crippen molar-refractivity contribution in [3.05, 3.63) is 44.0 Å². The summed E-state index contributed by atoms with van der Waals surface area (Å²) in [6, 6.07) is 0.991. The molecule has 2 aromatic heterocycles. The molecular weight excluding hydrogens is 296 g/mol. The van der Waals surface area contributed by atoms with Crippen LogP contribution in [0.25, 0.3) is 0 Å². The van der Waals surface area contributed by atoms with Crippen molar-refractivity contribution in [3.8, 4) is 0 Å². The van der Waals surface area contributed by atoms with Gasteiger partial charge >= 0.3 is 5.97 Å². The normalized spacial score (nSPS) is 10.3. The van der Waals surface area contributed by atoms with E-state index < -0.39 is 10.9 Å². The first kappa shape index (κ1) is 14.9. The molecule has 0 aromatic carbocycles. The average Bonchev–Trinajstić information content (AvgIpc) is 2.84. The second kappa shape index (κ2) is 6.27. The van der Waals surface area contributed by atoms with Gasteiger partial charge in [-0.1, -0.05) is 0 Å². The van der Waals surface area contributed by atoms with Crippen LogP contribution >= 0.6 is 11.3 Å². The van der Waals surface area contributed by atoms with E-state index in [1.807, 2.05) is 12.3 Å². The third kappa shape index (κ3) is 3.72. The molecule has 0 aliphatic carbocycles. The number of thiazole rings is 1. The van der Waals surface area contributed by atoms with E-state index in [0.29, 0.717) is 13.0 Å². The number of hydrogen-bond acceptors (Lipinski definition) is 7. The number of carboxylic acids is 1. The summed E-state index contributed by atoms with van der Waals surface area (Å²) in [7, 11) is 0. The molecule has 0 saturated heterocycles. The Morgan fingerprint density at radius 1 is 1.57 bits per heavy atom. The molecule has 0 atom stereocenters. The predicted molar refractivity (Wildman–Crippen MR) is 76.9 cm³/mol. The molecule has 0 aliphatic rings. The highest BCUT2D eigenvalue weighted by atomic mass is 32.1. The van der Waals surface area contributed by atoms with Gasteiger partial charge in [0, 0.05) is 30.1 Å². The first-order valence-electron chi connectivity index (χ1n) is 6.00. The Hall–Kier alpha value is -2.55. The van der Waals surface area contributed by atoms with E-state index in [-0.39, 0.29) is 17.1 Å². The Labute approximate surface area is 123 Å². The molecule has 8 nitrogen and oxygen atoms in total. The highest BCUT2D eigenvalue weighted by Crippen LogP contribution is 2.19. The van der Waals surface area contributed by atoms with E-state index in [2.05, 4.69) is 15.3 Å². The fourth-order valence-electron chi connectivity index (χ4n) is 1.66. The van der Waals surface area contributed by atoms with Gasteiger partial charge in [0.1, 0.15) is 17.6 Å².